The lowest BCUT2D eigenvalue weighted by Crippen LogP contribution is -2.55. The lowest BCUT2D eigenvalue weighted by Gasteiger charge is -2.43. The van der Waals surface area contributed by atoms with Gasteiger partial charge in [0.1, 0.15) is 23.6 Å². The molecule has 0 amide bonds. The number of allylic oxidation sites excluding steroid dienone is 1. The van der Waals surface area contributed by atoms with E-state index in [9.17, 15) is 9.18 Å². The number of ketones is 1. The first-order chi connectivity index (χ1) is 20.3. The zero-order valence-electron chi connectivity index (χ0n) is 23.7. The van der Waals surface area contributed by atoms with Crippen LogP contribution in [0.1, 0.15) is 31.9 Å². The molecule has 5 atom stereocenters. The Hall–Kier alpha value is -2.79. The predicted octanol–water partition coefficient (Wildman–Crippen LogP) is 4.92. The van der Waals surface area contributed by atoms with Gasteiger partial charge in [-0.25, -0.2) is 4.39 Å². The van der Waals surface area contributed by atoms with Crippen LogP contribution in [-0.2, 0) is 9.53 Å². The first kappa shape index (κ1) is 28.0. The molecule has 0 aliphatic carbocycles. The van der Waals surface area contributed by atoms with Crippen LogP contribution in [0.3, 0.4) is 0 Å². The number of carbonyl (C=O) groups excluding carboxylic acids is 1. The van der Waals surface area contributed by atoms with E-state index in [2.05, 4.69) is 27.7 Å². The van der Waals surface area contributed by atoms with E-state index in [-0.39, 0.29) is 36.0 Å². The van der Waals surface area contributed by atoms with Crippen LogP contribution in [0.15, 0.2) is 52.4 Å². The summed E-state index contributed by atoms with van der Waals surface area (Å²) in [5, 5.41) is 0.380. The highest BCUT2D eigenvalue weighted by Crippen LogP contribution is 2.45. The predicted molar refractivity (Wildman–Crippen MR) is 162 cm³/mol. The number of hydrogen-bond acceptors (Lipinski definition) is 9. The van der Waals surface area contributed by atoms with Crippen LogP contribution in [0, 0.1) is 5.82 Å². The van der Waals surface area contributed by atoms with Crippen molar-refractivity contribution < 1.29 is 23.4 Å². The van der Waals surface area contributed by atoms with Crippen molar-refractivity contribution in [2.24, 2.45) is 4.99 Å². The second-order valence-electron chi connectivity index (χ2n) is 11.5. The van der Waals surface area contributed by atoms with Crippen LogP contribution in [-0.4, -0.2) is 90.9 Å². The molecule has 5 aliphatic rings. The molecule has 0 N–H and O–H groups in total. The van der Waals surface area contributed by atoms with E-state index >= 15 is 0 Å². The molecule has 2 aromatic carbocycles. The Morgan fingerprint density at radius 1 is 1.24 bits per heavy atom. The Balaban J connectivity index is 1.05. The van der Waals surface area contributed by atoms with E-state index < -0.39 is 11.9 Å². The van der Waals surface area contributed by atoms with Gasteiger partial charge in [0.25, 0.3) is 0 Å². The number of halogens is 2. The fourth-order valence-electron chi connectivity index (χ4n) is 6.30. The minimum absolute atomic E-state index is 0.0296. The van der Waals surface area contributed by atoms with Crippen molar-refractivity contribution in [1.82, 2.24) is 9.80 Å². The minimum Gasteiger partial charge on any atom is -0.485 e. The number of para-hydroxylation sites is 1. The highest BCUT2D eigenvalue weighted by Gasteiger charge is 2.43. The van der Waals surface area contributed by atoms with E-state index in [1.165, 1.54) is 6.07 Å². The lowest BCUT2D eigenvalue weighted by atomic mass is 10.1. The Morgan fingerprint density at radius 2 is 2.10 bits per heavy atom. The van der Waals surface area contributed by atoms with Gasteiger partial charge < -0.3 is 24.0 Å². The molecule has 2 aromatic rings. The van der Waals surface area contributed by atoms with E-state index in [0.717, 1.165) is 62.2 Å². The zero-order valence-corrected chi connectivity index (χ0v) is 25.2. The molecular formula is C31H34ClFN4O4S. The molecule has 8 nitrogen and oxygen atoms in total. The van der Waals surface area contributed by atoms with Crippen molar-refractivity contribution >= 4 is 40.7 Å². The summed E-state index contributed by atoms with van der Waals surface area (Å²) in [5.74, 6) is 2.10. The summed E-state index contributed by atoms with van der Waals surface area (Å²) in [6.45, 7) is 8.92. The molecule has 0 saturated carbocycles. The summed E-state index contributed by atoms with van der Waals surface area (Å²) >= 11 is 7.55. The quantitative estimate of drug-likeness (QED) is 0.437. The summed E-state index contributed by atoms with van der Waals surface area (Å²) in [4.78, 5) is 25.1. The fraction of sp³-hybridized carbons (Fsp3) is 0.484. The van der Waals surface area contributed by atoms with Crippen LogP contribution < -0.4 is 14.4 Å². The first-order valence-corrected chi connectivity index (χ1v) is 15.8. The second-order valence-corrected chi connectivity index (χ2v) is 13.1. The van der Waals surface area contributed by atoms with Crippen LogP contribution in [0.25, 0.3) is 0 Å². The molecule has 3 unspecified atom stereocenters. The molecule has 7 rings (SSSR count). The van der Waals surface area contributed by atoms with Gasteiger partial charge in [0.2, 0.25) is 0 Å². The Kier molecular flexibility index (Phi) is 7.58. The van der Waals surface area contributed by atoms with Crippen LogP contribution >= 0.6 is 23.4 Å². The zero-order chi connectivity index (χ0) is 29.0. The van der Waals surface area contributed by atoms with Crippen molar-refractivity contribution in [1.29, 1.82) is 0 Å². The maximum atomic E-state index is 14.7. The number of nitrogens with zero attached hydrogens (tertiary/aromatic N) is 4. The maximum Gasteiger partial charge on any atom is 0.185 e. The number of piperazine rings is 1. The molecule has 2 saturated heterocycles. The van der Waals surface area contributed by atoms with Crippen LogP contribution in [0.5, 0.6) is 11.5 Å². The van der Waals surface area contributed by atoms with E-state index in [0.29, 0.717) is 22.1 Å². The summed E-state index contributed by atoms with van der Waals surface area (Å²) in [5.41, 5.74) is 1.38. The van der Waals surface area contributed by atoms with Gasteiger partial charge in [0, 0.05) is 49.4 Å². The SMILES string of the molecule is CC(=O)C1=CC2C(N=C(CN3CCN(c4cccc5c4OC(c4ccc(Cl)cc4F)CO5)C[C@@H]3C)N2C[C@@H]2CCO2)S1. The Bertz CT molecular complexity index is 1450. The lowest BCUT2D eigenvalue weighted by molar-refractivity contribution is -0.112. The number of fused-ring (bicyclic) bond motifs is 2. The van der Waals surface area contributed by atoms with Gasteiger partial charge in [-0.3, -0.25) is 14.7 Å². The Morgan fingerprint density at radius 3 is 2.83 bits per heavy atom. The fourth-order valence-corrected chi connectivity index (χ4v) is 7.64. The third kappa shape index (κ3) is 5.27. The van der Waals surface area contributed by atoms with Crippen molar-refractivity contribution in [3.8, 4) is 11.5 Å². The number of benzene rings is 2. The topological polar surface area (TPSA) is 66.8 Å². The molecule has 11 heteroatoms. The summed E-state index contributed by atoms with van der Waals surface area (Å²) in [7, 11) is 0. The monoisotopic (exact) mass is 612 g/mol. The van der Waals surface area contributed by atoms with Crippen molar-refractivity contribution in [2.75, 3.05) is 50.8 Å². The van der Waals surface area contributed by atoms with Gasteiger partial charge in [0.05, 0.1) is 29.3 Å². The molecule has 0 bridgehead atoms. The Labute approximate surface area is 254 Å². The first-order valence-electron chi connectivity index (χ1n) is 14.5. The van der Waals surface area contributed by atoms with Crippen molar-refractivity contribution in [2.45, 2.75) is 49.9 Å². The minimum atomic E-state index is -0.560. The third-order valence-electron chi connectivity index (χ3n) is 8.74. The highest BCUT2D eigenvalue weighted by atomic mass is 35.5. The molecule has 0 aromatic heterocycles. The van der Waals surface area contributed by atoms with E-state index in [4.69, 9.17) is 30.8 Å². The van der Waals surface area contributed by atoms with Crippen LogP contribution in [0.4, 0.5) is 10.1 Å². The number of hydrogen-bond donors (Lipinski definition) is 0. The number of carbonyl (C=O) groups is 1. The van der Waals surface area contributed by atoms with Gasteiger partial charge >= 0.3 is 0 Å². The number of amidine groups is 1. The largest absolute Gasteiger partial charge is 0.485 e. The normalized spacial score (nSPS) is 28.7. The number of anilines is 1. The van der Waals surface area contributed by atoms with Gasteiger partial charge in [-0.15, -0.1) is 0 Å². The number of aliphatic imine (C=N–C) groups is 1. The highest BCUT2D eigenvalue weighted by molar-refractivity contribution is 8.04. The number of Topliss-reactive ketones (excluding diaryl/α,β-unsaturated/α-hetero) is 1. The van der Waals surface area contributed by atoms with Crippen LogP contribution in [0.2, 0.25) is 5.02 Å². The van der Waals surface area contributed by atoms with Gasteiger partial charge in [0.15, 0.2) is 23.4 Å². The van der Waals surface area contributed by atoms with Crippen molar-refractivity contribution in [3.05, 3.63) is 63.8 Å². The second kappa shape index (κ2) is 11.4. The number of rotatable bonds is 7. The molecule has 0 spiro atoms. The third-order valence-corrected chi connectivity index (χ3v) is 10.3. The smallest absolute Gasteiger partial charge is 0.185 e. The molecule has 5 aliphatic heterocycles. The number of thioether (sulfide) groups is 1. The van der Waals surface area contributed by atoms with Crippen molar-refractivity contribution in [3.63, 3.8) is 0 Å². The molecule has 42 heavy (non-hydrogen) atoms. The number of ether oxygens (including phenoxy) is 3. The average Bonchev–Trinajstić information content (AvgIpc) is 3.50. The van der Waals surface area contributed by atoms with E-state index in [1.54, 1.807) is 30.8 Å². The molecule has 222 valence electrons. The molecule has 5 heterocycles. The summed E-state index contributed by atoms with van der Waals surface area (Å²) in [6.07, 6.45) is 2.82. The standard InChI is InChI=1S/C31H34ClFN4O4S/c1-18-14-36(24-4-3-5-26-30(24)41-27(17-40-26)22-7-6-20(32)12-23(22)33)10-9-35(18)16-29-34-31-25(13-28(42-31)19(2)38)37(29)15-21-8-11-39-21/h3-7,12-13,18,21,25,27,31H,8-11,14-17H2,1-2H3/t18-,21-,25?,27?,31?/m0/s1. The van der Waals surface area contributed by atoms with Gasteiger partial charge in [-0.2, -0.15) is 0 Å². The van der Waals surface area contributed by atoms with Gasteiger partial charge in [-0.05, 0) is 50.6 Å². The van der Waals surface area contributed by atoms with Gasteiger partial charge in [-0.1, -0.05) is 35.5 Å². The maximum absolute atomic E-state index is 14.7. The summed E-state index contributed by atoms with van der Waals surface area (Å²) < 4.78 is 32.9. The molecule has 0 radical (unpaired) electrons. The molecule has 2 fully saturated rings. The summed E-state index contributed by atoms with van der Waals surface area (Å²) in [6, 6.07) is 10.9. The average molecular weight is 613 g/mol. The van der Waals surface area contributed by atoms with E-state index in [1.807, 2.05) is 18.2 Å². The molecular weight excluding hydrogens is 579 g/mol.